The van der Waals surface area contributed by atoms with Crippen LogP contribution >= 0.6 is 11.6 Å². The molecule has 3 aromatic rings. The first kappa shape index (κ1) is 20.6. The summed E-state index contributed by atoms with van der Waals surface area (Å²) in [5.74, 6) is 3.76. The molecule has 176 valence electrons. The van der Waals surface area contributed by atoms with Crippen LogP contribution in [0.2, 0.25) is 5.02 Å². The van der Waals surface area contributed by atoms with Crippen LogP contribution in [0.5, 0.6) is 0 Å². The minimum absolute atomic E-state index is 0.298. The maximum Gasteiger partial charge on any atom is 0.231 e. The molecule has 0 saturated carbocycles. The largest absolute Gasteiger partial charge is 0.380 e. The lowest BCUT2D eigenvalue weighted by Crippen LogP contribution is -2.73. The average Bonchev–Trinajstić information content (AvgIpc) is 3.40. The predicted molar refractivity (Wildman–Crippen MR) is 128 cm³/mol. The van der Waals surface area contributed by atoms with Gasteiger partial charge in [0.25, 0.3) is 0 Å². The molecule has 3 saturated heterocycles. The van der Waals surface area contributed by atoms with Gasteiger partial charge in [-0.3, -0.25) is 9.47 Å². The van der Waals surface area contributed by atoms with E-state index < -0.39 is 0 Å². The second kappa shape index (κ2) is 7.63. The minimum atomic E-state index is 0.298. The molecule has 0 aliphatic carbocycles. The van der Waals surface area contributed by atoms with Crippen molar-refractivity contribution < 1.29 is 4.74 Å². The smallest absolute Gasteiger partial charge is 0.231 e. The van der Waals surface area contributed by atoms with Crippen molar-refractivity contribution in [2.45, 2.75) is 32.5 Å². The van der Waals surface area contributed by atoms with E-state index in [-0.39, 0.29) is 0 Å². The van der Waals surface area contributed by atoms with E-state index in [2.05, 4.69) is 51.6 Å². The summed E-state index contributed by atoms with van der Waals surface area (Å²) in [6.07, 6.45) is 2.89. The Morgan fingerprint density at radius 3 is 2.71 bits per heavy atom. The third-order valence-corrected chi connectivity index (χ3v) is 7.84. The summed E-state index contributed by atoms with van der Waals surface area (Å²) in [5.41, 5.74) is 2.64. The Morgan fingerprint density at radius 1 is 1.06 bits per heavy atom. The normalized spacial score (nSPS) is 23.3. The summed E-state index contributed by atoms with van der Waals surface area (Å²) in [6, 6.07) is 8.56. The molecule has 0 N–H and O–H groups in total. The van der Waals surface area contributed by atoms with Crippen molar-refractivity contribution >= 4 is 23.4 Å². The maximum absolute atomic E-state index is 6.41. The molecule has 1 spiro atoms. The van der Waals surface area contributed by atoms with Crippen LogP contribution in [0, 0.1) is 12.3 Å². The molecule has 6 heterocycles. The number of aryl methyl sites for hydroxylation is 1. The van der Waals surface area contributed by atoms with Crippen molar-refractivity contribution in [3.8, 4) is 5.69 Å². The van der Waals surface area contributed by atoms with Gasteiger partial charge >= 0.3 is 0 Å². The van der Waals surface area contributed by atoms with E-state index in [1.54, 1.807) is 0 Å². The molecule has 9 nitrogen and oxygen atoms in total. The van der Waals surface area contributed by atoms with Gasteiger partial charge in [-0.15, -0.1) is 10.2 Å². The van der Waals surface area contributed by atoms with Gasteiger partial charge in [0.15, 0.2) is 5.82 Å². The second-order valence-corrected chi connectivity index (χ2v) is 10.6. The van der Waals surface area contributed by atoms with Crippen LogP contribution in [0.3, 0.4) is 0 Å². The first-order valence-electron chi connectivity index (χ1n) is 11.9. The lowest BCUT2D eigenvalue weighted by molar-refractivity contribution is 0.133. The number of halogens is 1. The van der Waals surface area contributed by atoms with E-state index in [1.165, 1.54) is 5.56 Å². The molecule has 3 fully saturated rings. The molecule has 1 aromatic carbocycles. The molecular formula is C24H27ClN8O. The van der Waals surface area contributed by atoms with Crippen molar-refractivity contribution in [2.24, 2.45) is 5.41 Å². The number of aromatic nitrogens is 5. The Kier molecular flexibility index (Phi) is 4.62. The fourth-order valence-corrected chi connectivity index (χ4v) is 6.13. The third-order valence-electron chi connectivity index (χ3n) is 7.61. The Balaban J connectivity index is 1.14. The highest BCUT2D eigenvalue weighted by Gasteiger charge is 2.53. The second-order valence-electron chi connectivity index (χ2n) is 10.1. The lowest BCUT2D eigenvalue weighted by atomic mass is 9.73. The van der Waals surface area contributed by atoms with E-state index in [9.17, 15) is 0 Å². The van der Waals surface area contributed by atoms with E-state index in [0.717, 1.165) is 93.0 Å². The zero-order chi connectivity index (χ0) is 22.9. The molecule has 34 heavy (non-hydrogen) atoms. The van der Waals surface area contributed by atoms with Gasteiger partial charge in [-0.2, -0.15) is 0 Å². The van der Waals surface area contributed by atoms with Gasteiger partial charge in [-0.25, -0.2) is 9.97 Å². The van der Waals surface area contributed by atoms with Crippen molar-refractivity contribution in [3.63, 3.8) is 0 Å². The molecular weight excluding hydrogens is 452 g/mol. The number of hydrogen-bond donors (Lipinski definition) is 0. The van der Waals surface area contributed by atoms with Crippen LogP contribution in [-0.2, 0) is 17.8 Å². The number of anilines is 2. The predicted octanol–water partition coefficient (Wildman–Crippen LogP) is 2.45. The molecule has 2 aromatic heterocycles. The highest BCUT2D eigenvalue weighted by atomic mass is 35.5. The fourth-order valence-electron chi connectivity index (χ4n) is 5.93. The molecule has 0 radical (unpaired) electrons. The molecule has 0 amide bonds. The van der Waals surface area contributed by atoms with E-state index >= 15 is 0 Å². The van der Waals surface area contributed by atoms with E-state index in [4.69, 9.17) is 16.3 Å². The van der Waals surface area contributed by atoms with Gasteiger partial charge in [0, 0.05) is 62.0 Å². The van der Waals surface area contributed by atoms with Gasteiger partial charge in [0.1, 0.15) is 11.6 Å². The molecule has 10 heteroatoms. The van der Waals surface area contributed by atoms with Crippen LogP contribution in [0.4, 0.5) is 11.8 Å². The summed E-state index contributed by atoms with van der Waals surface area (Å²) >= 11 is 6.41. The number of nitrogens with zero attached hydrogens (tertiary/aromatic N) is 8. The zero-order valence-corrected chi connectivity index (χ0v) is 19.9. The van der Waals surface area contributed by atoms with Crippen LogP contribution in [-0.4, -0.2) is 75.1 Å². The molecule has 4 aliphatic heterocycles. The van der Waals surface area contributed by atoms with Crippen LogP contribution in [0.25, 0.3) is 5.69 Å². The summed E-state index contributed by atoms with van der Waals surface area (Å²) < 4.78 is 7.93. The summed E-state index contributed by atoms with van der Waals surface area (Å²) in [6.45, 7) is 9.12. The molecule has 1 atom stereocenters. The SMILES string of the molecule is Cc1nccc(N2CC3(C2)CN(c2nnc4n2-c2ccc(Cl)cc2CN([C@@H]2CCOC2)C4)C3)n1. The monoisotopic (exact) mass is 478 g/mol. The van der Waals surface area contributed by atoms with Crippen molar-refractivity contribution in [1.29, 1.82) is 0 Å². The summed E-state index contributed by atoms with van der Waals surface area (Å²) in [5, 5.41) is 10.1. The van der Waals surface area contributed by atoms with Gasteiger partial charge in [-0.05, 0) is 43.2 Å². The number of fused-ring (bicyclic) bond motifs is 3. The number of rotatable bonds is 3. The Bertz CT molecular complexity index is 1240. The highest BCUT2D eigenvalue weighted by Crippen LogP contribution is 2.44. The molecule has 0 unspecified atom stereocenters. The highest BCUT2D eigenvalue weighted by molar-refractivity contribution is 6.30. The van der Waals surface area contributed by atoms with Gasteiger partial charge in [0.05, 0.1) is 18.8 Å². The fraction of sp³-hybridized carbons (Fsp3) is 0.500. The third kappa shape index (κ3) is 3.29. The summed E-state index contributed by atoms with van der Waals surface area (Å²) in [4.78, 5) is 16.0. The Hall–Kier alpha value is -2.75. The Labute approximate surface area is 203 Å². The number of benzene rings is 1. The van der Waals surface area contributed by atoms with E-state index in [1.807, 2.05) is 25.3 Å². The van der Waals surface area contributed by atoms with Crippen LogP contribution in [0.15, 0.2) is 30.5 Å². The van der Waals surface area contributed by atoms with Gasteiger partial charge in [0.2, 0.25) is 5.95 Å². The van der Waals surface area contributed by atoms with Crippen molar-refractivity contribution in [1.82, 2.24) is 29.6 Å². The number of hydrogen-bond acceptors (Lipinski definition) is 8. The quantitative estimate of drug-likeness (QED) is 0.568. The Morgan fingerprint density at radius 2 is 1.91 bits per heavy atom. The lowest BCUT2D eigenvalue weighted by Gasteiger charge is -2.60. The topological polar surface area (TPSA) is 75.4 Å². The molecule has 4 aliphatic rings. The summed E-state index contributed by atoms with van der Waals surface area (Å²) in [7, 11) is 0. The molecule has 0 bridgehead atoms. The number of ether oxygens (including phenoxy) is 1. The van der Waals surface area contributed by atoms with Crippen LogP contribution < -0.4 is 9.80 Å². The zero-order valence-electron chi connectivity index (χ0n) is 19.2. The average molecular weight is 479 g/mol. The molecule has 7 rings (SSSR count). The van der Waals surface area contributed by atoms with Gasteiger partial charge in [-0.1, -0.05) is 11.6 Å². The van der Waals surface area contributed by atoms with Crippen LogP contribution in [0.1, 0.15) is 23.6 Å². The van der Waals surface area contributed by atoms with Crippen molar-refractivity contribution in [3.05, 3.63) is 52.7 Å². The van der Waals surface area contributed by atoms with E-state index in [0.29, 0.717) is 11.5 Å². The minimum Gasteiger partial charge on any atom is -0.380 e. The van der Waals surface area contributed by atoms with Gasteiger partial charge < -0.3 is 14.5 Å². The maximum atomic E-state index is 6.41. The first-order chi connectivity index (χ1) is 16.6. The standard InChI is InChI=1S/C24H27ClN8O/c1-16-26-6-4-21(27-16)31-12-24(13-31)14-32(15-24)23-29-28-22-10-30(19-5-7-34-11-19)9-17-8-18(25)2-3-20(17)33(22)23/h2-4,6,8,19H,5,7,9-15H2,1H3/t19-/m1/s1. The van der Waals surface area contributed by atoms with Crippen molar-refractivity contribution in [2.75, 3.05) is 49.2 Å². The first-order valence-corrected chi connectivity index (χ1v) is 12.3.